The van der Waals surface area contributed by atoms with Gasteiger partial charge in [-0.25, -0.2) is 4.98 Å². The lowest BCUT2D eigenvalue weighted by Crippen LogP contribution is -2.35. The lowest BCUT2D eigenvalue weighted by Gasteiger charge is -2.17. The minimum absolute atomic E-state index is 0.00962. The third-order valence-electron chi connectivity index (χ3n) is 3.69. The van der Waals surface area contributed by atoms with E-state index in [-0.39, 0.29) is 11.8 Å². The third-order valence-corrected chi connectivity index (χ3v) is 3.69. The van der Waals surface area contributed by atoms with Crippen molar-refractivity contribution in [3.63, 3.8) is 0 Å². The topological polar surface area (TPSA) is 88.9 Å². The summed E-state index contributed by atoms with van der Waals surface area (Å²) in [5, 5.41) is 10.9. The zero-order valence-corrected chi connectivity index (χ0v) is 14.9. The van der Waals surface area contributed by atoms with Crippen LogP contribution in [0.2, 0.25) is 0 Å². The Hall–Kier alpha value is -2.44. The summed E-state index contributed by atoms with van der Waals surface area (Å²) in [6.45, 7) is 7.98. The second-order valence-corrected chi connectivity index (χ2v) is 6.96. The largest absolute Gasteiger partial charge is 0.356 e. The molecule has 2 heterocycles. The summed E-state index contributed by atoms with van der Waals surface area (Å²) >= 11 is 0. The number of carbonyl (C=O) groups excluding carboxylic acids is 2. The van der Waals surface area contributed by atoms with E-state index in [4.69, 9.17) is 0 Å². The van der Waals surface area contributed by atoms with E-state index >= 15 is 0 Å². The van der Waals surface area contributed by atoms with E-state index in [1.807, 2.05) is 40.8 Å². The van der Waals surface area contributed by atoms with Gasteiger partial charge in [0.25, 0.3) is 0 Å². The van der Waals surface area contributed by atoms with Crippen LogP contribution in [0.5, 0.6) is 0 Å². The standard InChI is InChI=1S/C17H25N5O2/c1-11-13-9-12(10-19-15(13)22(5)21-11)20-14(23)7-6-8-18-16(24)17(2,3)4/h9-10H,6-8H2,1-5H3,(H,18,24)(H,20,23). The van der Waals surface area contributed by atoms with Gasteiger partial charge in [-0.2, -0.15) is 5.10 Å². The molecule has 7 nitrogen and oxygen atoms in total. The van der Waals surface area contributed by atoms with Crippen molar-refractivity contribution < 1.29 is 9.59 Å². The Morgan fingerprint density at radius 3 is 2.67 bits per heavy atom. The molecule has 0 unspecified atom stereocenters. The maximum atomic E-state index is 12.0. The number of rotatable bonds is 5. The number of aryl methyl sites for hydroxylation is 2. The van der Waals surface area contributed by atoms with E-state index in [2.05, 4.69) is 20.7 Å². The van der Waals surface area contributed by atoms with Crippen LogP contribution in [0.4, 0.5) is 5.69 Å². The number of pyridine rings is 1. The number of nitrogens with one attached hydrogen (secondary N) is 2. The zero-order chi connectivity index (χ0) is 17.9. The number of hydrogen-bond donors (Lipinski definition) is 2. The summed E-state index contributed by atoms with van der Waals surface area (Å²) in [6.07, 6.45) is 2.56. The Morgan fingerprint density at radius 2 is 2.00 bits per heavy atom. The second kappa shape index (κ2) is 6.98. The van der Waals surface area contributed by atoms with Crippen molar-refractivity contribution in [3.8, 4) is 0 Å². The molecule has 0 aliphatic heterocycles. The van der Waals surface area contributed by atoms with Crippen LogP contribution in [0.25, 0.3) is 11.0 Å². The van der Waals surface area contributed by atoms with Crippen molar-refractivity contribution in [1.82, 2.24) is 20.1 Å². The molecule has 0 spiro atoms. The minimum atomic E-state index is -0.412. The number of anilines is 1. The molecule has 0 radical (unpaired) electrons. The molecule has 0 aliphatic rings. The van der Waals surface area contributed by atoms with E-state index in [0.29, 0.717) is 25.1 Å². The Bertz CT molecular complexity index is 758. The van der Waals surface area contributed by atoms with Crippen LogP contribution in [0.1, 0.15) is 39.3 Å². The molecule has 2 amide bonds. The molecule has 0 bridgehead atoms. The summed E-state index contributed by atoms with van der Waals surface area (Å²) in [6, 6.07) is 1.88. The Balaban J connectivity index is 1.84. The van der Waals surface area contributed by atoms with E-state index in [1.54, 1.807) is 10.9 Å². The number of nitrogens with zero attached hydrogens (tertiary/aromatic N) is 3. The maximum absolute atomic E-state index is 12.0. The highest BCUT2D eigenvalue weighted by Gasteiger charge is 2.20. The molecule has 2 aromatic heterocycles. The zero-order valence-electron chi connectivity index (χ0n) is 14.9. The SMILES string of the molecule is Cc1nn(C)c2ncc(NC(=O)CCCNC(=O)C(C)(C)C)cc12. The van der Waals surface area contributed by atoms with E-state index in [1.165, 1.54) is 0 Å². The van der Waals surface area contributed by atoms with Gasteiger partial charge < -0.3 is 10.6 Å². The van der Waals surface area contributed by atoms with Gasteiger partial charge in [0.15, 0.2) is 5.65 Å². The van der Waals surface area contributed by atoms with Gasteiger partial charge in [0.2, 0.25) is 11.8 Å². The van der Waals surface area contributed by atoms with Gasteiger partial charge in [-0.1, -0.05) is 20.8 Å². The molecule has 0 fully saturated rings. The highest BCUT2D eigenvalue weighted by Crippen LogP contribution is 2.19. The second-order valence-electron chi connectivity index (χ2n) is 6.96. The van der Waals surface area contributed by atoms with Gasteiger partial charge in [-0.3, -0.25) is 14.3 Å². The highest BCUT2D eigenvalue weighted by molar-refractivity contribution is 5.93. The fraction of sp³-hybridized carbons (Fsp3) is 0.529. The van der Waals surface area contributed by atoms with Crippen LogP contribution in [0.3, 0.4) is 0 Å². The van der Waals surface area contributed by atoms with Crippen LogP contribution in [-0.4, -0.2) is 33.1 Å². The van der Waals surface area contributed by atoms with Gasteiger partial charge in [-0.05, 0) is 19.4 Å². The predicted octanol–water partition coefficient (Wildman–Crippen LogP) is 2.16. The molecule has 0 aromatic carbocycles. The van der Waals surface area contributed by atoms with Crippen LogP contribution >= 0.6 is 0 Å². The van der Waals surface area contributed by atoms with Gasteiger partial charge in [-0.15, -0.1) is 0 Å². The van der Waals surface area contributed by atoms with Crippen molar-refractivity contribution in [2.75, 3.05) is 11.9 Å². The van der Waals surface area contributed by atoms with Gasteiger partial charge in [0.05, 0.1) is 17.6 Å². The number of aromatic nitrogens is 3. The first kappa shape index (κ1) is 17.9. The summed E-state index contributed by atoms with van der Waals surface area (Å²) in [5.41, 5.74) is 1.91. The summed E-state index contributed by atoms with van der Waals surface area (Å²) in [5.74, 6) is -0.104. The molecule has 2 N–H and O–H groups in total. The van der Waals surface area contributed by atoms with E-state index in [0.717, 1.165) is 16.7 Å². The monoisotopic (exact) mass is 331 g/mol. The third kappa shape index (κ3) is 4.31. The van der Waals surface area contributed by atoms with Crippen LogP contribution in [0.15, 0.2) is 12.3 Å². The Labute approximate surface area is 141 Å². The maximum Gasteiger partial charge on any atom is 0.225 e. The normalized spacial score (nSPS) is 11.5. The fourth-order valence-electron chi connectivity index (χ4n) is 2.32. The lowest BCUT2D eigenvalue weighted by molar-refractivity contribution is -0.128. The highest BCUT2D eigenvalue weighted by atomic mass is 16.2. The van der Waals surface area contributed by atoms with Crippen molar-refractivity contribution >= 4 is 28.5 Å². The fourth-order valence-corrected chi connectivity index (χ4v) is 2.32. The van der Waals surface area contributed by atoms with Crippen LogP contribution in [-0.2, 0) is 16.6 Å². The molecular formula is C17H25N5O2. The molecule has 130 valence electrons. The first-order valence-corrected chi connectivity index (χ1v) is 8.06. The molecule has 7 heteroatoms. The van der Waals surface area contributed by atoms with Crippen molar-refractivity contribution in [2.45, 2.75) is 40.5 Å². The van der Waals surface area contributed by atoms with Gasteiger partial charge >= 0.3 is 0 Å². The van der Waals surface area contributed by atoms with Crippen molar-refractivity contribution in [1.29, 1.82) is 0 Å². The van der Waals surface area contributed by atoms with Gasteiger partial charge in [0, 0.05) is 30.8 Å². The lowest BCUT2D eigenvalue weighted by atomic mass is 9.96. The van der Waals surface area contributed by atoms with Gasteiger partial charge in [0.1, 0.15) is 0 Å². The average molecular weight is 331 g/mol. The molecule has 0 atom stereocenters. The first-order chi connectivity index (χ1) is 11.2. The Kier molecular flexibility index (Phi) is 5.21. The number of hydrogen-bond acceptors (Lipinski definition) is 4. The molecule has 2 rings (SSSR count). The van der Waals surface area contributed by atoms with Crippen LogP contribution < -0.4 is 10.6 Å². The first-order valence-electron chi connectivity index (χ1n) is 8.06. The van der Waals surface area contributed by atoms with Crippen molar-refractivity contribution in [2.24, 2.45) is 12.5 Å². The van der Waals surface area contributed by atoms with Crippen molar-refractivity contribution in [3.05, 3.63) is 18.0 Å². The molecule has 2 aromatic rings. The summed E-state index contributed by atoms with van der Waals surface area (Å²) in [7, 11) is 1.84. The van der Waals surface area contributed by atoms with Crippen LogP contribution in [0, 0.1) is 12.3 Å². The molecule has 24 heavy (non-hydrogen) atoms. The smallest absolute Gasteiger partial charge is 0.225 e. The minimum Gasteiger partial charge on any atom is -0.356 e. The molecular weight excluding hydrogens is 306 g/mol. The number of amides is 2. The summed E-state index contributed by atoms with van der Waals surface area (Å²) in [4.78, 5) is 28.1. The molecule has 0 aliphatic carbocycles. The summed E-state index contributed by atoms with van der Waals surface area (Å²) < 4.78 is 1.72. The number of fused-ring (bicyclic) bond motifs is 1. The van der Waals surface area contributed by atoms with E-state index in [9.17, 15) is 9.59 Å². The quantitative estimate of drug-likeness (QED) is 0.822. The Morgan fingerprint density at radius 1 is 1.29 bits per heavy atom. The number of carbonyl (C=O) groups is 2. The van der Waals surface area contributed by atoms with E-state index < -0.39 is 5.41 Å². The predicted molar refractivity (Wildman–Crippen MR) is 93.6 cm³/mol. The average Bonchev–Trinajstić information content (AvgIpc) is 2.77. The molecule has 0 saturated heterocycles. The molecule has 0 saturated carbocycles.